The summed E-state index contributed by atoms with van der Waals surface area (Å²) >= 11 is 0. The van der Waals surface area contributed by atoms with Crippen molar-refractivity contribution in [3.05, 3.63) is 0 Å². The summed E-state index contributed by atoms with van der Waals surface area (Å²) in [6.07, 6.45) is 9.89. The van der Waals surface area contributed by atoms with Crippen molar-refractivity contribution >= 4 is 0 Å². The summed E-state index contributed by atoms with van der Waals surface area (Å²) < 4.78 is 0. The number of aliphatic hydroxyl groups is 1. The third-order valence-electron chi connectivity index (χ3n) is 3.48. The highest BCUT2D eigenvalue weighted by atomic mass is 16.3. The topological polar surface area (TPSA) is 32.3 Å². The van der Waals surface area contributed by atoms with Crippen LogP contribution in [0.2, 0.25) is 0 Å². The molecule has 0 bridgehead atoms. The van der Waals surface area contributed by atoms with Gasteiger partial charge in [0.15, 0.2) is 0 Å². The van der Waals surface area contributed by atoms with Gasteiger partial charge in [-0.05, 0) is 31.7 Å². The first kappa shape index (κ1) is 13.0. The molecule has 0 saturated carbocycles. The molecule has 15 heavy (non-hydrogen) atoms. The Hall–Kier alpha value is -0.0800. The molecule has 2 heteroatoms. The van der Waals surface area contributed by atoms with Crippen LogP contribution in [0.25, 0.3) is 0 Å². The van der Waals surface area contributed by atoms with Gasteiger partial charge in [-0.1, -0.05) is 39.0 Å². The number of nitrogens with one attached hydrogen (secondary N) is 1. The molecule has 2 unspecified atom stereocenters. The minimum atomic E-state index is -0.0561. The van der Waals surface area contributed by atoms with Crippen molar-refractivity contribution in [3.8, 4) is 0 Å². The molecule has 90 valence electrons. The Morgan fingerprint density at radius 1 is 1.27 bits per heavy atom. The Labute approximate surface area is 94.5 Å². The summed E-state index contributed by atoms with van der Waals surface area (Å²) in [5.41, 5.74) is 0. The number of hydrogen-bond donors (Lipinski definition) is 2. The van der Waals surface area contributed by atoms with Crippen molar-refractivity contribution in [1.82, 2.24) is 5.32 Å². The predicted octanol–water partition coefficient (Wildman–Crippen LogP) is 2.71. The third kappa shape index (κ3) is 5.53. The fourth-order valence-electron chi connectivity index (χ4n) is 2.40. The molecular formula is C13H27NO. The van der Waals surface area contributed by atoms with Crippen LogP contribution >= 0.6 is 0 Å². The van der Waals surface area contributed by atoms with Crippen molar-refractivity contribution in [2.24, 2.45) is 5.92 Å². The van der Waals surface area contributed by atoms with E-state index in [0.29, 0.717) is 5.92 Å². The molecule has 1 saturated heterocycles. The average molecular weight is 213 g/mol. The number of aliphatic hydroxyl groups excluding tert-OH is 1. The van der Waals surface area contributed by atoms with Gasteiger partial charge in [-0.2, -0.15) is 0 Å². The molecule has 2 nitrogen and oxygen atoms in total. The van der Waals surface area contributed by atoms with Crippen LogP contribution in [-0.4, -0.2) is 24.3 Å². The summed E-state index contributed by atoms with van der Waals surface area (Å²) in [5.74, 6) is 0.518. The fraction of sp³-hybridized carbons (Fsp3) is 1.00. The largest absolute Gasteiger partial charge is 0.393 e. The summed E-state index contributed by atoms with van der Waals surface area (Å²) in [4.78, 5) is 0. The smallest absolute Gasteiger partial charge is 0.0580 e. The molecule has 1 aliphatic rings. The SMILES string of the molecule is CCCCCCCC(O)C1CCCNC1. The molecule has 1 fully saturated rings. The minimum Gasteiger partial charge on any atom is -0.393 e. The highest BCUT2D eigenvalue weighted by Gasteiger charge is 2.20. The molecule has 0 aromatic carbocycles. The Morgan fingerprint density at radius 3 is 2.73 bits per heavy atom. The molecule has 1 aliphatic heterocycles. The van der Waals surface area contributed by atoms with Gasteiger partial charge in [0.1, 0.15) is 0 Å². The lowest BCUT2D eigenvalue weighted by molar-refractivity contribution is 0.0816. The first-order valence-corrected chi connectivity index (χ1v) is 6.73. The van der Waals surface area contributed by atoms with Gasteiger partial charge >= 0.3 is 0 Å². The summed E-state index contributed by atoms with van der Waals surface area (Å²) in [7, 11) is 0. The second-order valence-electron chi connectivity index (χ2n) is 4.88. The van der Waals surface area contributed by atoms with E-state index in [-0.39, 0.29) is 6.10 Å². The quantitative estimate of drug-likeness (QED) is 0.637. The maximum absolute atomic E-state index is 9.99. The monoisotopic (exact) mass is 213 g/mol. The lowest BCUT2D eigenvalue weighted by Gasteiger charge is -2.27. The first-order chi connectivity index (χ1) is 7.34. The standard InChI is InChI=1S/C13H27NO/c1-2-3-4-5-6-9-13(15)12-8-7-10-14-11-12/h12-15H,2-11H2,1H3. The maximum Gasteiger partial charge on any atom is 0.0580 e. The average Bonchev–Trinajstić information content (AvgIpc) is 2.30. The summed E-state index contributed by atoms with van der Waals surface area (Å²) in [6.45, 7) is 4.40. The van der Waals surface area contributed by atoms with E-state index in [0.717, 1.165) is 19.5 Å². The molecule has 0 aromatic heterocycles. The van der Waals surface area contributed by atoms with Crippen LogP contribution in [0.4, 0.5) is 0 Å². The van der Waals surface area contributed by atoms with E-state index in [4.69, 9.17) is 0 Å². The van der Waals surface area contributed by atoms with Crippen LogP contribution < -0.4 is 5.32 Å². The lowest BCUT2D eigenvalue weighted by Crippen LogP contribution is -2.36. The molecular weight excluding hydrogens is 186 g/mol. The van der Waals surface area contributed by atoms with Crippen molar-refractivity contribution in [2.75, 3.05) is 13.1 Å². The molecule has 0 radical (unpaired) electrons. The molecule has 1 heterocycles. The second kappa shape index (κ2) is 8.12. The van der Waals surface area contributed by atoms with Gasteiger partial charge in [0.05, 0.1) is 6.10 Å². The molecule has 0 spiro atoms. The Morgan fingerprint density at radius 2 is 2.07 bits per heavy atom. The number of rotatable bonds is 7. The van der Waals surface area contributed by atoms with Crippen LogP contribution in [0, 0.1) is 5.92 Å². The Balaban J connectivity index is 1.99. The van der Waals surface area contributed by atoms with Gasteiger partial charge in [-0.15, -0.1) is 0 Å². The van der Waals surface area contributed by atoms with Gasteiger partial charge in [-0.25, -0.2) is 0 Å². The molecule has 2 atom stereocenters. The van der Waals surface area contributed by atoms with E-state index in [1.807, 2.05) is 0 Å². The van der Waals surface area contributed by atoms with Crippen LogP contribution in [0.15, 0.2) is 0 Å². The van der Waals surface area contributed by atoms with Crippen LogP contribution in [-0.2, 0) is 0 Å². The molecule has 2 N–H and O–H groups in total. The summed E-state index contributed by atoms with van der Waals surface area (Å²) in [6, 6.07) is 0. The molecule has 0 amide bonds. The molecule has 1 rings (SSSR count). The van der Waals surface area contributed by atoms with Gasteiger partial charge in [0, 0.05) is 6.54 Å². The van der Waals surface area contributed by atoms with Crippen molar-refractivity contribution in [1.29, 1.82) is 0 Å². The Bertz CT molecular complexity index is 143. The summed E-state index contributed by atoms with van der Waals surface area (Å²) in [5, 5.41) is 13.4. The van der Waals surface area contributed by atoms with Crippen molar-refractivity contribution < 1.29 is 5.11 Å². The van der Waals surface area contributed by atoms with E-state index in [9.17, 15) is 5.11 Å². The minimum absolute atomic E-state index is 0.0561. The normalized spacial score (nSPS) is 24.0. The van der Waals surface area contributed by atoms with Gasteiger partial charge in [0.2, 0.25) is 0 Å². The zero-order valence-electron chi connectivity index (χ0n) is 10.2. The van der Waals surface area contributed by atoms with Crippen LogP contribution in [0.3, 0.4) is 0 Å². The third-order valence-corrected chi connectivity index (χ3v) is 3.48. The van der Waals surface area contributed by atoms with Gasteiger partial charge in [-0.3, -0.25) is 0 Å². The number of hydrogen-bond acceptors (Lipinski definition) is 2. The van der Waals surface area contributed by atoms with Gasteiger partial charge in [0.25, 0.3) is 0 Å². The highest BCUT2D eigenvalue weighted by molar-refractivity contribution is 4.75. The van der Waals surface area contributed by atoms with E-state index < -0.39 is 0 Å². The Kier molecular flexibility index (Phi) is 7.03. The molecule has 0 aliphatic carbocycles. The van der Waals surface area contributed by atoms with Gasteiger partial charge < -0.3 is 10.4 Å². The first-order valence-electron chi connectivity index (χ1n) is 6.73. The fourth-order valence-corrected chi connectivity index (χ4v) is 2.40. The van der Waals surface area contributed by atoms with E-state index >= 15 is 0 Å². The highest BCUT2D eigenvalue weighted by Crippen LogP contribution is 2.19. The lowest BCUT2D eigenvalue weighted by atomic mass is 9.90. The maximum atomic E-state index is 9.99. The van der Waals surface area contributed by atoms with Crippen molar-refractivity contribution in [2.45, 2.75) is 64.4 Å². The second-order valence-corrected chi connectivity index (χ2v) is 4.88. The number of piperidine rings is 1. The van der Waals surface area contributed by atoms with E-state index in [1.165, 1.54) is 44.9 Å². The van der Waals surface area contributed by atoms with Crippen molar-refractivity contribution in [3.63, 3.8) is 0 Å². The zero-order chi connectivity index (χ0) is 10.9. The predicted molar refractivity (Wildman–Crippen MR) is 65.0 cm³/mol. The van der Waals surface area contributed by atoms with E-state index in [2.05, 4.69) is 12.2 Å². The van der Waals surface area contributed by atoms with Crippen LogP contribution in [0.5, 0.6) is 0 Å². The number of unbranched alkanes of at least 4 members (excludes halogenated alkanes) is 4. The van der Waals surface area contributed by atoms with Crippen LogP contribution in [0.1, 0.15) is 58.3 Å². The van der Waals surface area contributed by atoms with E-state index in [1.54, 1.807) is 0 Å². The molecule has 0 aromatic rings. The zero-order valence-corrected chi connectivity index (χ0v) is 10.2.